The van der Waals surface area contributed by atoms with E-state index in [2.05, 4.69) is 10.1 Å². The zero-order chi connectivity index (χ0) is 11.0. The average molecular weight is 211 g/mol. The Hall–Kier alpha value is -2.36. The second-order valence-electron chi connectivity index (χ2n) is 3.48. The number of benzene rings is 2. The Morgan fingerprint density at radius 3 is 2.62 bits per heavy atom. The monoisotopic (exact) mass is 211 g/mol. The minimum atomic E-state index is 0.155. The van der Waals surface area contributed by atoms with Crippen molar-refractivity contribution < 1.29 is 4.52 Å². The predicted molar refractivity (Wildman–Crippen MR) is 61.7 cm³/mol. The fourth-order valence-electron chi connectivity index (χ4n) is 1.76. The van der Waals surface area contributed by atoms with Crippen LogP contribution >= 0.6 is 0 Å². The van der Waals surface area contributed by atoms with Crippen molar-refractivity contribution in [2.75, 3.05) is 5.73 Å². The highest BCUT2D eigenvalue weighted by Gasteiger charge is 2.09. The number of nitrogens with zero attached hydrogens (tertiary/aromatic N) is 2. The van der Waals surface area contributed by atoms with Gasteiger partial charge in [-0.2, -0.15) is 4.98 Å². The van der Waals surface area contributed by atoms with E-state index < -0.39 is 0 Å². The Morgan fingerprint density at radius 2 is 1.81 bits per heavy atom. The van der Waals surface area contributed by atoms with E-state index in [9.17, 15) is 0 Å². The third-order valence-corrected chi connectivity index (χ3v) is 2.46. The molecule has 78 valence electrons. The molecule has 2 aromatic carbocycles. The predicted octanol–water partition coefficient (Wildman–Crippen LogP) is 2.47. The number of nitrogen functional groups attached to an aromatic ring is 1. The standard InChI is InChI=1S/C12H9N3O/c13-12-14-11(16-15-12)10-7-3-5-8-4-1-2-6-9(8)10/h1-7H,(H2,13,15). The number of aromatic nitrogens is 2. The molecule has 0 aliphatic rings. The maximum absolute atomic E-state index is 5.44. The minimum absolute atomic E-state index is 0.155. The van der Waals surface area contributed by atoms with Gasteiger partial charge in [-0.1, -0.05) is 36.4 Å². The first-order valence-corrected chi connectivity index (χ1v) is 4.92. The summed E-state index contributed by atoms with van der Waals surface area (Å²) >= 11 is 0. The van der Waals surface area contributed by atoms with Crippen LogP contribution in [-0.4, -0.2) is 10.1 Å². The molecule has 0 bridgehead atoms. The lowest BCUT2D eigenvalue weighted by molar-refractivity contribution is 0.433. The molecule has 3 rings (SSSR count). The number of hydrogen-bond donors (Lipinski definition) is 1. The van der Waals surface area contributed by atoms with Crippen molar-refractivity contribution in [3.63, 3.8) is 0 Å². The Balaban J connectivity index is 2.31. The van der Waals surface area contributed by atoms with Crippen molar-refractivity contribution >= 4 is 16.7 Å². The largest absolute Gasteiger partial charge is 0.365 e. The van der Waals surface area contributed by atoms with Crippen molar-refractivity contribution in [2.45, 2.75) is 0 Å². The lowest BCUT2D eigenvalue weighted by Crippen LogP contribution is -1.86. The van der Waals surface area contributed by atoms with Crippen molar-refractivity contribution in [1.82, 2.24) is 10.1 Å². The van der Waals surface area contributed by atoms with Crippen LogP contribution in [0.15, 0.2) is 47.0 Å². The molecule has 0 radical (unpaired) electrons. The second kappa shape index (κ2) is 3.34. The Kier molecular flexibility index (Phi) is 1.86. The third kappa shape index (κ3) is 1.32. The maximum Gasteiger partial charge on any atom is 0.261 e. The highest BCUT2D eigenvalue weighted by atomic mass is 16.5. The van der Waals surface area contributed by atoms with Gasteiger partial charge in [-0.05, 0) is 22.0 Å². The van der Waals surface area contributed by atoms with Gasteiger partial charge in [0.25, 0.3) is 11.8 Å². The first-order valence-electron chi connectivity index (χ1n) is 4.92. The van der Waals surface area contributed by atoms with Crippen LogP contribution in [0, 0.1) is 0 Å². The number of anilines is 1. The molecule has 4 heteroatoms. The number of nitrogens with two attached hydrogens (primary N) is 1. The molecule has 1 aromatic heterocycles. The number of rotatable bonds is 1. The van der Waals surface area contributed by atoms with Gasteiger partial charge in [-0.3, -0.25) is 0 Å². The Labute approximate surface area is 91.7 Å². The summed E-state index contributed by atoms with van der Waals surface area (Å²) < 4.78 is 5.07. The summed E-state index contributed by atoms with van der Waals surface area (Å²) in [5.41, 5.74) is 6.35. The Bertz CT molecular complexity index is 640. The van der Waals surface area contributed by atoms with Gasteiger partial charge in [0.05, 0.1) is 0 Å². The lowest BCUT2D eigenvalue weighted by Gasteiger charge is -2.01. The summed E-state index contributed by atoms with van der Waals surface area (Å²) in [4.78, 5) is 4.03. The van der Waals surface area contributed by atoms with Gasteiger partial charge in [0.15, 0.2) is 0 Å². The first kappa shape index (κ1) is 8.91. The number of hydrogen-bond acceptors (Lipinski definition) is 4. The third-order valence-electron chi connectivity index (χ3n) is 2.46. The zero-order valence-corrected chi connectivity index (χ0v) is 8.42. The SMILES string of the molecule is Nc1noc(-c2cccc3ccccc23)n1. The van der Waals surface area contributed by atoms with E-state index in [1.807, 2.05) is 42.5 Å². The summed E-state index contributed by atoms with van der Waals surface area (Å²) in [5.74, 6) is 0.609. The summed E-state index contributed by atoms with van der Waals surface area (Å²) in [5, 5.41) is 5.80. The number of fused-ring (bicyclic) bond motifs is 1. The van der Waals surface area contributed by atoms with Gasteiger partial charge in [0.2, 0.25) is 0 Å². The van der Waals surface area contributed by atoms with Crippen LogP contribution in [0.2, 0.25) is 0 Å². The van der Waals surface area contributed by atoms with Gasteiger partial charge < -0.3 is 10.3 Å². The quantitative estimate of drug-likeness (QED) is 0.671. The van der Waals surface area contributed by atoms with Gasteiger partial charge in [0, 0.05) is 5.56 Å². The molecule has 0 unspecified atom stereocenters. The van der Waals surface area contributed by atoms with Crippen LogP contribution in [0.25, 0.3) is 22.2 Å². The Morgan fingerprint density at radius 1 is 1.00 bits per heavy atom. The van der Waals surface area contributed by atoms with Crippen molar-refractivity contribution in [2.24, 2.45) is 0 Å². The van der Waals surface area contributed by atoms with E-state index in [0.29, 0.717) is 5.89 Å². The molecule has 0 saturated heterocycles. The molecule has 16 heavy (non-hydrogen) atoms. The zero-order valence-electron chi connectivity index (χ0n) is 8.42. The molecule has 0 aliphatic heterocycles. The van der Waals surface area contributed by atoms with Crippen LogP contribution in [0.5, 0.6) is 0 Å². The molecule has 0 amide bonds. The van der Waals surface area contributed by atoms with Crippen LogP contribution < -0.4 is 5.73 Å². The molecule has 4 nitrogen and oxygen atoms in total. The van der Waals surface area contributed by atoms with Gasteiger partial charge in [-0.15, -0.1) is 0 Å². The van der Waals surface area contributed by atoms with E-state index in [4.69, 9.17) is 10.3 Å². The van der Waals surface area contributed by atoms with Gasteiger partial charge in [-0.25, -0.2) is 0 Å². The summed E-state index contributed by atoms with van der Waals surface area (Å²) in [7, 11) is 0. The van der Waals surface area contributed by atoms with Crippen molar-refractivity contribution in [3.8, 4) is 11.5 Å². The van der Waals surface area contributed by atoms with E-state index >= 15 is 0 Å². The molecule has 0 aliphatic carbocycles. The molecule has 0 spiro atoms. The average Bonchev–Trinajstić information content (AvgIpc) is 2.75. The van der Waals surface area contributed by atoms with Crippen molar-refractivity contribution in [1.29, 1.82) is 0 Å². The van der Waals surface area contributed by atoms with E-state index in [1.165, 1.54) is 0 Å². The molecule has 3 aromatic rings. The summed E-state index contributed by atoms with van der Waals surface area (Å²) in [6.45, 7) is 0. The molecule has 1 heterocycles. The fraction of sp³-hybridized carbons (Fsp3) is 0. The van der Waals surface area contributed by atoms with Crippen molar-refractivity contribution in [3.05, 3.63) is 42.5 Å². The highest BCUT2D eigenvalue weighted by molar-refractivity contribution is 5.94. The molecule has 2 N–H and O–H groups in total. The molecule has 0 saturated carbocycles. The topological polar surface area (TPSA) is 64.9 Å². The minimum Gasteiger partial charge on any atom is -0.365 e. The summed E-state index contributed by atoms with van der Waals surface area (Å²) in [6, 6.07) is 14.0. The highest BCUT2D eigenvalue weighted by Crippen LogP contribution is 2.27. The lowest BCUT2D eigenvalue weighted by atomic mass is 10.0. The fourth-order valence-corrected chi connectivity index (χ4v) is 1.76. The normalized spacial score (nSPS) is 10.8. The van der Waals surface area contributed by atoms with E-state index in [1.54, 1.807) is 0 Å². The molecular formula is C12H9N3O. The summed E-state index contributed by atoms with van der Waals surface area (Å²) in [6.07, 6.45) is 0. The van der Waals surface area contributed by atoms with Gasteiger partial charge >= 0.3 is 0 Å². The van der Waals surface area contributed by atoms with Crippen LogP contribution in [0.4, 0.5) is 5.95 Å². The smallest absolute Gasteiger partial charge is 0.261 e. The molecular weight excluding hydrogens is 202 g/mol. The maximum atomic E-state index is 5.44. The van der Waals surface area contributed by atoms with Gasteiger partial charge in [0.1, 0.15) is 0 Å². The van der Waals surface area contributed by atoms with Crippen LogP contribution in [0.3, 0.4) is 0 Å². The van der Waals surface area contributed by atoms with E-state index in [0.717, 1.165) is 16.3 Å². The first-order chi connectivity index (χ1) is 7.84. The van der Waals surface area contributed by atoms with Crippen LogP contribution in [0.1, 0.15) is 0 Å². The molecule has 0 atom stereocenters. The van der Waals surface area contributed by atoms with E-state index in [-0.39, 0.29) is 5.95 Å². The second-order valence-corrected chi connectivity index (χ2v) is 3.48. The molecule has 0 fully saturated rings. The van der Waals surface area contributed by atoms with Crippen LogP contribution in [-0.2, 0) is 0 Å².